The highest BCUT2D eigenvalue weighted by molar-refractivity contribution is 5.74. The van der Waals surface area contributed by atoms with Crippen LogP contribution in [0, 0.1) is 61.7 Å². The van der Waals surface area contributed by atoms with Gasteiger partial charge in [0.05, 0.1) is 37.8 Å². The molecular weight excluding hydrogens is 1810 g/mol. The van der Waals surface area contributed by atoms with Crippen LogP contribution in [0.5, 0.6) is 0 Å². The predicted octanol–water partition coefficient (Wildman–Crippen LogP) is 33.5. The van der Waals surface area contributed by atoms with E-state index in [-0.39, 0.29) is 12.8 Å². The maximum Gasteiger partial charge on any atom is 0.294 e. The number of hydrogen-bond donors (Lipinski definition) is 0. The summed E-state index contributed by atoms with van der Waals surface area (Å²) in [5.74, 6) is 6.83. The number of imidazole rings is 3. The number of benzene rings is 9. The minimum absolute atomic E-state index is 0.279. The first-order valence-electron chi connectivity index (χ1n) is 62.1. The van der Waals surface area contributed by atoms with E-state index in [1.807, 2.05) is 78.1 Å². The van der Waals surface area contributed by atoms with Crippen molar-refractivity contribution >= 4 is 0 Å². The Morgan fingerprint density at radius 1 is 0.248 bits per heavy atom. The Kier molecular flexibility index (Phi) is 27.8. The molecule has 0 saturated heterocycles. The van der Waals surface area contributed by atoms with Crippen LogP contribution in [-0.4, -0.2) is 13.7 Å². The first kappa shape index (κ1) is 95.1. The minimum atomic E-state index is -1.51. The summed E-state index contributed by atoms with van der Waals surface area (Å²) >= 11 is 0. The average Bonchev–Trinajstić information content (AvgIpc) is 1.67. The summed E-state index contributed by atoms with van der Waals surface area (Å²) in [6.07, 6.45) is 33.1. The minimum Gasteiger partial charge on any atom is -0.229 e. The van der Waals surface area contributed by atoms with Gasteiger partial charge in [0.25, 0.3) is 17.5 Å². The second-order valence-electron chi connectivity index (χ2n) is 49.6. The number of pyridine rings is 2. The second kappa shape index (κ2) is 43.6. The van der Waals surface area contributed by atoms with E-state index in [1.165, 1.54) is 234 Å². The molecule has 5 spiro atoms. The van der Waals surface area contributed by atoms with E-state index in [9.17, 15) is 0 Å². The van der Waals surface area contributed by atoms with Crippen molar-refractivity contribution in [2.75, 3.05) is 0 Å². The molecule has 10 aliphatic rings. The van der Waals surface area contributed by atoms with Gasteiger partial charge in [-0.2, -0.15) is 13.7 Å². The molecule has 778 valence electrons. The third-order valence-electron chi connectivity index (χ3n) is 37.2. The Morgan fingerprint density at radius 3 is 0.839 bits per heavy atom. The lowest BCUT2D eigenvalue weighted by atomic mass is 9.64. The second-order valence-corrected chi connectivity index (χ2v) is 49.6. The maximum atomic E-state index is 9.10. The summed E-state index contributed by atoms with van der Waals surface area (Å²) in [6, 6.07) is 76.8. The van der Waals surface area contributed by atoms with Crippen molar-refractivity contribution in [3.05, 3.63) is 342 Å². The van der Waals surface area contributed by atoms with E-state index in [4.69, 9.17) is 11.0 Å². The van der Waals surface area contributed by atoms with Crippen molar-refractivity contribution in [3.8, 4) is 84.9 Å². The molecule has 0 unspecified atom stereocenters. The third kappa shape index (κ3) is 20.6. The van der Waals surface area contributed by atoms with Crippen LogP contribution in [-0.2, 0) is 99.3 Å². The van der Waals surface area contributed by atoms with Gasteiger partial charge in [-0.3, -0.25) is 0 Å². The Labute approximate surface area is 909 Å². The van der Waals surface area contributed by atoms with Crippen LogP contribution in [0.1, 0.15) is 408 Å². The quantitative estimate of drug-likeness (QED) is 0.0917. The third-order valence-corrected chi connectivity index (χ3v) is 37.2. The topological polar surface area (TPSA) is 34.2 Å². The highest BCUT2D eigenvalue weighted by atomic mass is 15.2. The fraction of sp³-hybridized carbons (Fsp3) is 0.482. The van der Waals surface area contributed by atoms with Crippen LogP contribution in [0.25, 0.3) is 84.9 Å². The number of rotatable bonds is 15. The van der Waals surface area contributed by atoms with Gasteiger partial charge < -0.3 is 0 Å². The predicted molar refractivity (Wildman–Crippen MR) is 622 cm³/mol. The van der Waals surface area contributed by atoms with E-state index < -0.39 is 36.3 Å². The van der Waals surface area contributed by atoms with E-state index in [0.29, 0.717) is 74.0 Å². The molecular formula is C141H179N8+5. The van der Waals surface area contributed by atoms with E-state index in [1.54, 1.807) is 34.2 Å². The van der Waals surface area contributed by atoms with Gasteiger partial charge >= 0.3 is 0 Å². The number of aryl methyl sites for hydroxylation is 9. The molecule has 24 rings (SSSR count). The molecule has 8 nitrogen and oxygen atoms in total. The lowest BCUT2D eigenvalue weighted by Crippen LogP contribution is -2.37. The first-order valence-corrected chi connectivity index (χ1v) is 58.1. The van der Waals surface area contributed by atoms with Crippen LogP contribution in [0.4, 0.5) is 0 Å². The molecule has 0 radical (unpaired) electrons. The molecule has 14 aromatic rings. The van der Waals surface area contributed by atoms with Crippen molar-refractivity contribution in [2.24, 2.45) is 62.3 Å². The molecule has 149 heavy (non-hydrogen) atoms. The normalized spacial score (nSPS) is 19.8. The number of nitrogens with zero attached hydrogens (tertiary/aromatic N) is 8. The highest BCUT2D eigenvalue weighted by Gasteiger charge is 2.53. The number of para-hydroxylation sites is 2. The molecule has 5 fully saturated rings. The number of hydrogen-bond acceptors (Lipinski definition) is 0. The molecule has 5 aromatic heterocycles. The van der Waals surface area contributed by atoms with Gasteiger partial charge in [-0.1, -0.05) is 324 Å². The molecule has 5 heterocycles. The Hall–Kier alpha value is -11.1. The molecule has 0 amide bonds. The maximum absolute atomic E-state index is 9.10. The van der Waals surface area contributed by atoms with Gasteiger partial charge in [0.1, 0.15) is 48.2 Å². The van der Waals surface area contributed by atoms with E-state index >= 15 is 0 Å². The molecule has 5 saturated carbocycles. The standard InChI is InChI=1S/C36H43N2.C31H41N2.C30H39N2.2C22H28N/c1-24(2)30-20-28(27-15-8-7-9-16-27)21-31(25(3)4)34(30)38-33-23-36(18-12-13-19-36)22-32(33)37(6)35(38)29-17-11-10-14-26(29)5;1-21(2)24-15-12-16-25(22(3)4)29(24)33-28-20-31(17-10-7-11-18-31)19-27(28)32(6)30(33)26-14-9-8-13-23(26)5;1-20(2)23-14-11-15-24(21(3)4)28(23)32-27-19-30(16-9-10-17-30)18-26(27)31(6)29(32)25-13-8-7-12-22(25)5;1-17-8-4-5-9-20(17)21-14-19-15-22(11-6-3-7-12-22)13-10-18(19)16-23(21)2;1-17-8-4-5-9-20(17)21-14-18-10-13-22(11-6-3-7-12-22)15-19(18)16-23(21)2/h7-11,14-17,20-21,24-25H,12-13,18-19,22-23H2,1-6H3;8-9,12-16,21-22H,7,10-11,17-20H2,1-6H3;7-8,11-15,20-21H,9-10,16-19H2,1-6H3;2*4-5,8-9,14,16H,3,6-7,10-13,15H2,1-2H3/q5*+1/i;;;2*10D2,15D2. The zero-order chi connectivity index (χ0) is 111. The average molecular weight is 1990 g/mol. The van der Waals surface area contributed by atoms with Crippen molar-refractivity contribution < 1.29 is 33.8 Å². The molecule has 0 bridgehead atoms. The van der Waals surface area contributed by atoms with Crippen molar-refractivity contribution in [1.29, 1.82) is 0 Å². The number of fused-ring (bicyclic) bond motifs is 5. The smallest absolute Gasteiger partial charge is 0.229 e. The summed E-state index contributed by atoms with van der Waals surface area (Å²) in [7, 11) is 10.8. The Bertz CT molecular complexity index is 7560. The Morgan fingerprint density at radius 2 is 0.517 bits per heavy atom. The zero-order valence-electron chi connectivity index (χ0n) is 103. The molecule has 10 aliphatic carbocycles. The summed E-state index contributed by atoms with van der Waals surface area (Å²) in [6.45, 7) is 39.2. The van der Waals surface area contributed by atoms with Crippen molar-refractivity contribution in [1.82, 2.24) is 13.7 Å². The van der Waals surface area contributed by atoms with Gasteiger partial charge in [0.2, 0.25) is 11.4 Å². The lowest BCUT2D eigenvalue weighted by molar-refractivity contribution is -0.667. The van der Waals surface area contributed by atoms with Gasteiger partial charge in [0.15, 0.2) is 29.5 Å². The highest BCUT2D eigenvalue weighted by Crippen LogP contribution is 2.57. The van der Waals surface area contributed by atoms with Crippen LogP contribution in [0.3, 0.4) is 0 Å². The lowest BCUT2D eigenvalue weighted by Gasteiger charge is -2.41. The van der Waals surface area contributed by atoms with Crippen molar-refractivity contribution in [2.45, 2.75) is 378 Å². The number of aromatic nitrogens is 8. The largest absolute Gasteiger partial charge is 0.294 e. The summed E-state index contributed by atoms with van der Waals surface area (Å²) in [5, 5.41) is 0. The van der Waals surface area contributed by atoms with Crippen LogP contribution in [0.15, 0.2) is 225 Å². The SMILES string of the molecule is Cc1ccccc1-c1n(-c2c(C(C)C)cc(-c3ccccc3)cc2C(C)C)c2c([n+]1C)CC1(CCCC1)C2.Cc1ccccc1-c1n(-c2c(C(C)C)cccc2C(C)C)c2c([n+]1C)CC1(CCCC1)C2.Cc1ccccc1-c1n(-c2c(C(C)C)cccc2C(C)C)c2c([n+]1C)CC1(CCCCC1)C2.[2H]C1([2H])CC2(CCCCC2)C([2H])([2H])c2c[n+](C)c(-c3ccccc3C)cc21.[2H]C1([2H])CC2(CCCCC2)C([2H])([2H])c2cc(-c3ccccc3C)[n+](C)cc21. The van der Waals surface area contributed by atoms with E-state index in [2.05, 4.69) is 336 Å². The van der Waals surface area contributed by atoms with Gasteiger partial charge in [-0.25, -0.2) is 22.8 Å². The van der Waals surface area contributed by atoms with Crippen LogP contribution < -0.4 is 22.8 Å². The van der Waals surface area contributed by atoms with Crippen LogP contribution >= 0.6 is 0 Å². The monoisotopic (exact) mass is 1990 g/mol. The molecule has 0 atom stereocenters. The molecule has 0 aliphatic heterocycles. The van der Waals surface area contributed by atoms with Gasteiger partial charge in [-0.05, 0) is 292 Å². The summed E-state index contributed by atoms with van der Waals surface area (Å²) in [5.41, 5.74) is 42.0. The fourth-order valence-electron chi connectivity index (χ4n) is 28.9. The molecule has 8 heteroatoms. The summed E-state index contributed by atoms with van der Waals surface area (Å²) in [4.78, 5) is 0. The molecule has 0 N–H and O–H groups in total. The van der Waals surface area contributed by atoms with E-state index in [0.717, 1.165) is 97.8 Å². The Balaban J connectivity index is 0.000000118. The first-order chi connectivity index (χ1) is 74.8. The van der Waals surface area contributed by atoms with Gasteiger partial charge in [-0.15, -0.1) is 0 Å². The van der Waals surface area contributed by atoms with Gasteiger partial charge in [0, 0.05) is 117 Å². The molecule has 9 aromatic carbocycles. The summed E-state index contributed by atoms with van der Waals surface area (Å²) < 4.78 is 91.1. The zero-order valence-corrected chi connectivity index (χ0v) is 94.8. The fourth-order valence-corrected chi connectivity index (χ4v) is 28.9. The van der Waals surface area contributed by atoms with Crippen molar-refractivity contribution in [3.63, 3.8) is 0 Å². The van der Waals surface area contributed by atoms with Crippen LogP contribution in [0.2, 0.25) is 0 Å².